The van der Waals surface area contributed by atoms with Gasteiger partial charge in [0.15, 0.2) is 0 Å². The van der Waals surface area contributed by atoms with Gasteiger partial charge >= 0.3 is 0 Å². The summed E-state index contributed by atoms with van der Waals surface area (Å²) in [5.41, 5.74) is 1.08. The molecular weight excluding hydrogens is 466 g/mol. The highest BCUT2D eigenvalue weighted by atomic mass is 16.5. The molecule has 7 nitrogen and oxygen atoms in total. The van der Waals surface area contributed by atoms with Gasteiger partial charge in [0.1, 0.15) is 11.9 Å². The standard InChI is InChI=1S/C30H47N3O4/c1-21-17-33(22(2)20-34)30(36)26-16-25(31-29(35)24-12-8-5-9-13-24)14-15-27(26)37-28(21)19-32(3)18-23-10-6-4-7-11-23/h14-16,21-24,28,34H,4-13,17-20H2,1-3H3,(H,31,35)/t21-,22-,28+/m0/s1. The third kappa shape index (κ3) is 7.26. The second-order valence-electron chi connectivity index (χ2n) is 11.9. The predicted molar refractivity (Wildman–Crippen MR) is 147 cm³/mol. The molecule has 2 fully saturated rings. The second-order valence-corrected chi connectivity index (χ2v) is 11.9. The fourth-order valence-electron chi connectivity index (χ4n) is 6.32. The lowest BCUT2D eigenvalue weighted by atomic mass is 9.88. The first kappa shape index (κ1) is 27.9. The molecule has 0 saturated heterocycles. The molecule has 0 aromatic heterocycles. The van der Waals surface area contributed by atoms with E-state index < -0.39 is 0 Å². The van der Waals surface area contributed by atoms with Crippen molar-refractivity contribution in [1.82, 2.24) is 9.80 Å². The Morgan fingerprint density at radius 1 is 1.11 bits per heavy atom. The Labute approximate surface area is 222 Å². The lowest BCUT2D eigenvalue weighted by molar-refractivity contribution is -0.120. The molecule has 2 N–H and O–H groups in total. The molecular formula is C30H47N3O4. The van der Waals surface area contributed by atoms with E-state index in [0.29, 0.717) is 23.5 Å². The number of nitrogens with one attached hydrogen (secondary N) is 1. The van der Waals surface area contributed by atoms with Crippen molar-refractivity contribution in [3.8, 4) is 5.75 Å². The monoisotopic (exact) mass is 513 g/mol. The zero-order valence-electron chi connectivity index (χ0n) is 23.1. The third-order valence-corrected chi connectivity index (χ3v) is 8.69. The molecule has 1 aliphatic heterocycles. The number of aliphatic hydroxyl groups excluding tert-OH is 1. The fourth-order valence-corrected chi connectivity index (χ4v) is 6.32. The molecule has 2 saturated carbocycles. The Hall–Kier alpha value is -2.12. The molecule has 0 spiro atoms. The minimum atomic E-state index is -0.304. The Balaban J connectivity index is 1.53. The van der Waals surface area contributed by atoms with Crippen LogP contribution in [0.4, 0.5) is 5.69 Å². The van der Waals surface area contributed by atoms with Gasteiger partial charge < -0.3 is 25.0 Å². The van der Waals surface area contributed by atoms with Crippen LogP contribution in [0, 0.1) is 17.8 Å². The van der Waals surface area contributed by atoms with Crippen molar-refractivity contribution in [2.45, 2.75) is 90.2 Å². The number of carbonyl (C=O) groups is 2. The van der Waals surface area contributed by atoms with Crippen molar-refractivity contribution in [2.24, 2.45) is 17.8 Å². The average Bonchev–Trinajstić information content (AvgIpc) is 2.91. The maximum absolute atomic E-state index is 13.7. The number of anilines is 1. The summed E-state index contributed by atoms with van der Waals surface area (Å²) in [5, 5.41) is 13.0. The quantitative estimate of drug-likeness (QED) is 0.515. The number of carbonyl (C=O) groups excluding carboxylic acids is 2. The fraction of sp³-hybridized carbons (Fsp3) is 0.733. The number of aliphatic hydroxyl groups is 1. The number of nitrogens with zero attached hydrogens (tertiary/aromatic N) is 2. The van der Waals surface area contributed by atoms with Crippen LogP contribution in [0.2, 0.25) is 0 Å². The Kier molecular flexibility index (Phi) is 9.88. The maximum atomic E-state index is 13.7. The van der Waals surface area contributed by atoms with Gasteiger partial charge in [-0.25, -0.2) is 0 Å². The molecule has 7 heteroatoms. The molecule has 3 aliphatic rings. The molecule has 1 aromatic carbocycles. The van der Waals surface area contributed by atoms with Crippen LogP contribution in [-0.4, -0.2) is 72.2 Å². The van der Waals surface area contributed by atoms with E-state index in [-0.39, 0.29) is 42.4 Å². The summed E-state index contributed by atoms with van der Waals surface area (Å²) in [7, 11) is 2.17. The van der Waals surface area contributed by atoms with Crippen LogP contribution < -0.4 is 10.1 Å². The van der Waals surface area contributed by atoms with E-state index in [1.165, 1.54) is 38.5 Å². The first-order valence-corrected chi connectivity index (χ1v) is 14.6. The lowest BCUT2D eigenvalue weighted by Crippen LogP contribution is -2.50. The van der Waals surface area contributed by atoms with Crippen molar-refractivity contribution in [3.63, 3.8) is 0 Å². The number of likely N-dealkylation sites (N-methyl/N-ethyl adjacent to an activating group) is 1. The normalized spacial score (nSPS) is 24.7. The summed E-state index contributed by atoms with van der Waals surface area (Å²) in [4.78, 5) is 30.7. The van der Waals surface area contributed by atoms with E-state index in [0.717, 1.165) is 44.7 Å². The Morgan fingerprint density at radius 3 is 2.46 bits per heavy atom. The summed E-state index contributed by atoms with van der Waals surface area (Å²) in [5.74, 6) is 1.32. The van der Waals surface area contributed by atoms with Gasteiger partial charge in [0, 0.05) is 37.2 Å². The average molecular weight is 514 g/mol. The number of amides is 2. The van der Waals surface area contributed by atoms with Gasteiger partial charge in [0.05, 0.1) is 18.2 Å². The molecule has 37 heavy (non-hydrogen) atoms. The van der Waals surface area contributed by atoms with Gasteiger partial charge in [-0.1, -0.05) is 45.4 Å². The first-order valence-electron chi connectivity index (χ1n) is 14.6. The number of benzene rings is 1. The van der Waals surface area contributed by atoms with E-state index in [9.17, 15) is 14.7 Å². The highest BCUT2D eigenvalue weighted by molar-refractivity contribution is 6.00. The van der Waals surface area contributed by atoms with Gasteiger partial charge in [-0.2, -0.15) is 0 Å². The van der Waals surface area contributed by atoms with Crippen LogP contribution in [0.15, 0.2) is 18.2 Å². The highest BCUT2D eigenvalue weighted by Gasteiger charge is 2.34. The van der Waals surface area contributed by atoms with Crippen molar-refractivity contribution in [2.75, 3.05) is 38.6 Å². The van der Waals surface area contributed by atoms with E-state index in [1.807, 2.05) is 19.1 Å². The number of rotatable bonds is 8. The Morgan fingerprint density at radius 2 is 1.78 bits per heavy atom. The van der Waals surface area contributed by atoms with Crippen molar-refractivity contribution < 1.29 is 19.4 Å². The van der Waals surface area contributed by atoms with E-state index in [1.54, 1.807) is 11.0 Å². The van der Waals surface area contributed by atoms with Crippen LogP contribution in [0.3, 0.4) is 0 Å². The summed E-state index contributed by atoms with van der Waals surface area (Å²) in [6.45, 7) is 6.28. The van der Waals surface area contributed by atoms with E-state index in [2.05, 4.69) is 24.2 Å². The molecule has 2 amide bonds. The molecule has 3 atom stereocenters. The zero-order valence-corrected chi connectivity index (χ0v) is 23.1. The molecule has 1 aromatic rings. The minimum absolute atomic E-state index is 0.0373. The minimum Gasteiger partial charge on any atom is -0.488 e. The molecule has 1 heterocycles. The first-order chi connectivity index (χ1) is 17.9. The van der Waals surface area contributed by atoms with E-state index >= 15 is 0 Å². The topological polar surface area (TPSA) is 82.1 Å². The highest BCUT2D eigenvalue weighted by Crippen LogP contribution is 2.32. The summed E-state index contributed by atoms with van der Waals surface area (Å²) >= 11 is 0. The van der Waals surface area contributed by atoms with Crippen LogP contribution in [0.5, 0.6) is 5.75 Å². The number of hydrogen-bond acceptors (Lipinski definition) is 5. The summed E-state index contributed by atoms with van der Waals surface area (Å²) < 4.78 is 6.55. The molecule has 0 unspecified atom stereocenters. The molecule has 0 bridgehead atoms. The van der Waals surface area contributed by atoms with Crippen molar-refractivity contribution in [1.29, 1.82) is 0 Å². The summed E-state index contributed by atoms with van der Waals surface area (Å²) in [6.07, 6.45) is 11.8. The van der Waals surface area contributed by atoms with Crippen molar-refractivity contribution in [3.05, 3.63) is 23.8 Å². The molecule has 4 rings (SSSR count). The van der Waals surface area contributed by atoms with Crippen LogP contribution >= 0.6 is 0 Å². The van der Waals surface area contributed by atoms with Crippen LogP contribution in [0.1, 0.15) is 88.4 Å². The number of ether oxygens (including phenoxy) is 1. The van der Waals surface area contributed by atoms with Crippen molar-refractivity contribution >= 4 is 17.5 Å². The van der Waals surface area contributed by atoms with Gasteiger partial charge in [0.25, 0.3) is 5.91 Å². The third-order valence-electron chi connectivity index (χ3n) is 8.69. The zero-order chi connectivity index (χ0) is 26.4. The van der Waals surface area contributed by atoms with Gasteiger partial charge in [0.2, 0.25) is 5.91 Å². The van der Waals surface area contributed by atoms with Crippen LogP contribution in [0.25, 0.3) is 0 Å². The number of hydrogen-bond donors (Lipinski definition) is 2. The van der Waals surface area contributed by atoms with Gasteiger partial charge in [-0.05, 0) is 63.8 Å². The second kappa shape index (κ2) is 13.1. The molecule has 0 radical (unpaired) electrons. The predicted octanol–water partition coefficient (Wildman–Crippen LogP) is 4.94. The maximum Gasteiger partial charge on any atom is 0.258 e. The Bertz CT molecular complexity index is 910. The van der Waals surface area contributed by atoms with Gasteiger partial charge in [-0.15, -0.1) is 0 Å². The lowest BCUT2D eigenvalue weighted by Gasteiger charge is -2.38. The largest absolute Gasteiger partial charge is 0.488 e. The molecule has 206 valence electrons. The number of fused-ring (bicyclic) bond motifs is 1. The van der Waals surface area contributed by atoms with Gasteiger partial charge in [-0.3, -0.25) is 9.59 Å². The summed E-state index contributed by atoms with van der Waals surface area (Å²) in [6, 6.07) is 5.13. The van der Waals surface area contributed by atoms with Crippen LogP contribution in [-0.2, 0) is 4.79 Å². The smallest absolute Gasteiger partial charge is 0.258 e. The SMILES string of the molecule is C[C@H]1CN([C@@H](C)CO)C(=O)c2cc(NC(=O)C3CCCCC3)ccc2O[C@@H]1CN(C)CC1CCCCC1. The van der Waals surface area contributed by atoms with E-state index in [4.69, 9.17) is 4.74 Å². The molecule has 2 aliphatic carbocycles.